The van der Waals surface area contributed by atoms with Crippen LogP contribution >= 0.6 is 0 Å². The van der Waals surface area contributed by atoms with Crippen molar-refractivity contribution in [2.45, 2.75) is 45.6 Å². The molecule has 8 nitrogen and oxygen atoms in total. The number of imidazole rings is 1. The molecule has 1 saturated heterocycles. The molecule has 0 spiro atoms. The minimum Gasteiger partial charge on any atom is -0.425 e. The third-order valence-corrected chi connectivity index (χ3v) is 4.02. The van der Waals surface area contributed by atoms with Crippen molar-refractivity contribution in [1.82, 2.24) is 25.1 Å². The van der Waals surface area contributed by atoms with Gasteiger partial charge in [-0.2, -0.15) is 0 Å². The highest BCUT2D eigenvalue weighted by molar-refractivity contribution is 5.76. The van der Waals surface area contributed by atoms with E-state index in [0.717, 1.165) is 11.5 Å². The summed E-state index contributed by atoms with van der Waals surface area (Å²) >= 11 is 0. The molecule has 8 heteroatoms. The molecule has 3 heterocycles. The highest BCUT2D eigenvalue weighted by Crippen LogP contribution is 2.23. The summed E-state index contributed by atoms with van der Waals surface area (Å²) in [7, 11) is 0. The number of ether oxygens (including phenoxy) is 1. The average molecular weight is 333 g/mol. The second-order valence-corrected chi connectivity index (χ2v) is 6.32. The Morgan fingerprint density at radius 2 is 2.29 bits per heavy atom. The molecule has 0 saturated carbocycles. The first kappa shape index (κ1) is 16.6. The maximum absolute atomic E-state index is 12.6. The van der Waals surface area contributed by atoms with Crippen LogP contribution < -0.4 is 0 Å². The van der Waals surface area contributed by atoms with E-state index in [1.54, 1.807) is 6.20 Å². The van der Waals surface area contributed by atoms with E-state index in [-0.39, 0.29) is 17.9 Å². The van der Waals surface area contributed by atoms with Crippen molar-refractivity contribution in [2.24, 2.45) is 0 Å². The summed E-state index contributed by atoms with van der Waals surface area (Å²) in [6, 6.07) is -0.172. The Hall–Kier alpha value is -2.22. The topological polar surface area (TPSA) is 97.1 Å². The Kier molecular flexibility index (Phi) is 4.94. The smallest absolute Gasteiger partial charge is 0.223 e. The standard InChI is InChI=1S/C16H23N5O3/c1-10(2)16-20-19-13(24-16)4-5-14(22)21-6-7-23-9-12(21)15-17-8-11(3)18-15/h8,10,12H,4-7,9H2,1-3H3,(H,17,18)/t12-/m0/s1. The van der Waals surface area contributed by atoms with Crippen LogP contribution in [0.2, 0.25) is 0 Å². The van der Waals surface area contributed by atoms with Gasteiger partial charge in [-0.05, 0) is 6.92 Å². The zero-order valence-corrected chi connectivity index (χ0v) is 14.3. The van der Waals surface area contributed by atoms with Gasteiger partial charge in [0.25, 0.3) is 0 Å². The van der Waals surface area contributed by atoms with Crippen LogP contribution in [-0.4, -0.2) is 50.7 Å². The molecule has 1 fully saturated rings. The molecule has 24 heavy (non-hydrogen) atoms. The zero-order valence-electron chi connectivity index (χ0n) is 14.3. The Balaban J connectivity index is 1.63. The van der Waals surface area contributed by atoms with Gasteiger partial charge in [-0.1, -0.05) is 13.8 Å². The molecule has 0 radical (unpaired) electrons. The molecule has 1 amide bonds. The molecular formula is C16H23N5O3. The van der Waals surface area contributed by atoms with Crippen molar-refractivity contribution in [2.75, 3.05) is 19.8 Å². The van der Waals surface area contributed by atoms with E-state index in [1.165, 1.54) is 0 Å². The molecule has 0 aliphatic carbocycles. The summed E-state index contributed by atoms with van der Waals surface area (Å²) < 4.78 is 11.1. The summed E-state index contributed by atoms with van der Waals surface area (Å²) in [5.41, 5.74) is 0.968. The van der Waals surface area contributed by atoms with Gasteiger partial charge in [-0.15, -0.1) is 10.2 Å². The van der Waals surface area contributed by atoms with Gasteiger partial charge in [0, 0.05) is 37.2 Å². The van der Waals surface area contributed by atoms with Crippen LogP contribution in [0.4, 0.5) is 0 Å². The number of hydrogen-bond acceptors (Lipinski definition) is 6. The number of aryl methyl sites for hydroxylation is 2. The monoisotopic (exact) mass is 333 g/mol. The van der Waals surface area contributed by atoms with E-state index in [9.17, 15) is 4.79 Å². The van der Waals surface area contributed by atoms with E-state index < -0.39 is 0 Å². The lowest BCUT2D eigenvalue weighted by molar-refractivity contribution is -0.140. The maximum atomic E-state index is 12.6. The number of H-pyrrole nitrogens is 1. The van der Waals surface area contributed by atoms with E-state index in [4.69, 9.17) is 9.15 Å². The number of aromatic nitrogens is 4. The summed E-state index contributed by atoms with van der Waals surface area (Å²) in [6.07, 6.45) is 2.54. The molecule has 1 atom stereocenters. The number of rotatable bonds is 5. The van der Waals surface area contributed by atoms with E-state index in [2.05, 4.69) is 20.2 Å². The van der Waals surface area contributed by atoms with E-state index >= 15 is 0 Å². The molecule has 1 aliphatic rings. The van der Waals surface area contributed by atoms with Gasteiger partial charge in [0.2, 0.25) is 17.7 Å². The van der Waals surface area contributed by atoms with Gasteiger partial charge < -0.3 is 19.0 Å². The van der Waals surface area contributed by atoms with Crippen molar-refractivity contribution in [1.29, 1.82) is 0 Å². The van der Waals surface area contributed by atoms with Crippen LogP contribution in [0, 0.1) is 6.92 Å². The molecule has 0 aromatic carbocycles. The SMILES string of the molecule is Cc1cnc([C@@H]2COCCN2C(=O)CCc2nnc(C(C)C)o2)[nH]1. The lowest BCUT2D eigenvalue weighted by Crippen LogP contribution is -2.44. The molecule has 0 bridgehead atoms. The summed E-state index contributed by atoms with van der Waals surface area (Å²) in [5, 5.41) is 8.00. The number of nitrogens with zero attached hydrogens (tertiary/aromatic N) is 4. The molecule has 2 aromatic rings. The Labute approximate surface area is 140 Å². The first-order valence-electron chi connectivity index (χ1n) is 8.25. The van der Waals surface area contributed by atoms with E-state index in [0.29, 0.717) is 44.4 Å². The highest BCUT2D eigenvalue weighted by atomic mass is 16.5. The van der Waals surface area contributed by atoms with Crippen LogP contribution in [-0.2, 0) is 16.0 Å². The van der Waals surface area contributed by atoms with Gasteiger partial charge in [0.1, 0.15) is 11.9 Å². The van der Waals surface area contributed by atoms with Crippen molar-refractivity contribution in [3.8, 4) is 0 Å². The normalized spacial score (nSPS) is 18.3. The molecule has 1 N–H and O–H groups in total. The lowest BCUT2D eigenvalue weighted by Gasteiger charge is -2.34. The number of morpholine rings is 1. The van der Waals surface area contributed by atoms with Gasteiger partial charge in [0.15, 0.2) is 0 Å². The minimum atomic E-state index is -0.172. The lowest BCUT2D eigenvalue weighted by atomic mass is 10.1. The fourth-order valence-electron chi connectivity index (χ4n) is 2.69. The van der Waals surface area contributed by atoms with Crippen molar-refractivity contribution < 1.29 is 13.9 Å². The second kappa shape index (κ2) is 7.12. The molecule has 2 aromatic heterocycles. The van der Waals surface area contributed by atoms with Crippen molar-refractivity contribution >= 4 is 5.91 Å². The number of amides is 1. The minimum absolute atomic E-state index is 0.0432. The van der Waals surface area contributed by atoms with Crippen LogP contribution in [0.1, 0.15) is 55.5 Å². The van der Waals surface area contributed by atoms with Crippen LogP contribution in [0.3, 0.4) is 0 Å². The predicted octanol–water partition coefficient (Wildman–Crippen LogP) is 1.76. The van der Waals surface area contributed by atoms with Gasteiger partial charge in [0.05, 0.1) is 13.2 Å². The number of carbonyl (C=O) groups excluding carboxylic acids is 1. The summed E-state index contributed by atoms with van der Waals surface area (Å²) in [6.45, 7) is 7.48. The van der Waals surface area contributed by atoms with Crippen molar-refractivity contribution in [3.63, 3.8) is 0 Å². The molecule has 3 rings (SSSR count). The highest BCUT2D eigenvalue weighted by Gasteiger charge is 2.30. The largest absolute Gasteiger partial charge is 0.425 e. The number of aromatic amines is 1. The van der Waals surface area contributed by atoms with Crippen molar-refractivity contribution in [3.05, 3.63) is 29.5 Å². The van der Waals surface area contributed by atoms with Gasteiger partial charge in [-0.3, -0.25) is 4.79 Å². The van der Waals surface area contributed by atoms with Crippen LogP contribution in [0.25, 0.3) is 0 Å². The third-order valence-electron chi connectivity index (χ3n) is 4.02. The Bertz CT molecular complexity index is 693. The molecule has 0 unspecified atom stereocenters. The number of hydrogen-bond donors (Lipinski definition) is 1. The number of carbonyl (C=O) groups is 1. The predicted molar refractivity (Wildman–Crippen MR) is 85.3 cm³/mol. The number of nitrogens with one attached hydrogen (secondary N) is 1. The third kappa shape index (κ3) is 3.64. The molecule has 1 aliphatic heterocycles. The van der Waals surface area contributed by atoms with Gasteiger partial charge in [-0.25, -0.2) is 4.98 Å². The zero-order chi connectivity index (χ0) is 17.1. The van der Waals surface area contributed by atoms with Crippen LogP contribution in [0.15, 0.2) is 10.6 Å². The molecule has 130 valence electrons. The first-order chi connectivity index (χ1) is 11.5. The quantitative estimate of drug-likeness (QED) is 0.895. The summed E-state index contributed by atoms with van der Waals surface area (Å²) in [4.78, 5) is 22.0. The second-order valence-electron chi connectivity index (χ2n) is 6.32. The fraction of sp³-hybridized carbons (Fsp3) is 0.625. The fourth-order valence-corrected chi connectivity index (χ4v) is 2.69. The summed E-state index contributed by atoms with van der Waals surface area (Å²) in [5.74, 6) is 2.10. The Morgan fingerprint density at radius 3 is 2.96 bits per heavy atom. The molecular weight excluding hydrogens is 310 g/mol. The average Bonchev–Trinajstić information content (AvgIpc) is 3.21. The van der Waals surface area contributed by atoms with E-state index in [1.807, 2.05) is 25.7 Å². The Morgan fingerprint density at radius 1 is 1.46 bits per heavy atom. The van der Waals surface area contributed by atoms with Crippen LogP contribution in [0.5, 0.6) is 0 Å². The van der Waals surface area contributed by atoms with Gasteiger partial charge >= 0.3 is 0 Å². The maximum Gasteiger partial charge on any atom is 0.223 e. The first-order valence-corrected chi connectivity index (χ1v) is 8.25.